The number of nitrogens with one attached hydrogen (secondary N) is 1. The molecule has 2 aromatic rings. The van der Waals surface area contributed by atoms with Gasteiger partial charge in [0, 0.05) is 31.8 Å². The average Bonchev–Trinajstić information content (AvgIpc) is 3.03. The summed E-state index contributed by atoms with van der Waals surface area (Å²) >= 11 is 0. The van der Waals surface area contributed by atoms with Gasteiger partial charge >= 0.3 is 0 Å². The number of aryl methyl sites for hydroxylation is 1. The maximum atomic E-state index is 12.9. The highest BCUT2D eigenvalue weighted by Crippen LogP contribution is 2.28. The van der Waals surface area contributed by atoms with Crippen molar-refractivity contribution in [2.45, 2.75) is 31.8 Å². The Balaban J connectivity index is 1.73. The van der Waals surface area contributed by atoms with E-state index >= 15 is 0 Å². The lowest BCUT2D eigenvalue weighted by molar-refractivity contribution is -0.143. The largest absolute Gasteiger partial charge is 0.367 e. The number of ether oxygens (including phenoxy) is 1. The lowest BCUT2D eigenvalue weighted by Crippen LogP contribution is -2.42. The molecule has 1 aromatic heterocycles. The van der Waals surface area contributed by atoms with Crippen LogP contribution in [0.3, 0.4) is 0 Å². The monoisotopic (exact) mass is 313 g/mol. The molecular formula is C18H23N3O2. The molecule has 2 heterocycles. The second kappa shape index (κ2) is 6.96. The average molecular weight is 313 g/mol. The van der Waals surface area contributed by atoms with Gasteiger partial charge in [0.1, 0.15) is 0 Å². The Morgan fingerprint density at radius 3 is 2.83 bits per heavy atom. The second-order valence-corrected chi connectivity index (χ2v) is 6.13. The van der Waals surface area contributed by atoms with E-state index in [2.05, 4.69) is 16.3 Å². The van der Waals surface area contributed by atoms with Crippen molar-refractivity contribution in [3.05, 3.63) is 53.3 Å². The molecule has 0 radical (unpaired) electrons. The second-order valence-electron chi connectivity index (χ2n) is 6.13. The summed E-state index contributed by atoms with van der Waals surface area (Å²) in [5.74, 6) is 0.335. The number of benzene rings is 1. The van der Waals surface area contributed by atoms with Crippen LogP contribution in [0.15, 0.2) is 36.4 Å². The third-order valence-electron chi connectivity index (χ3n) is 4.44. The van der Waals surface area contributed by atoms with Crippen molar-refractivity contribution in [2.75, 3.05) is 20.2 Å². The maximum absolute atomic E-state index is 12.9. The van der Waals surface area contributed by atoms with Crippen molar-refractivity contribution < 1.29 is 9.53 Å². The molecule has 1 fully saturated rings. The highest BCUT2D eigenvalue weighted by atomic mass is 16.5. The Kier molecular flexibility index (Phi) is 4.76. The SMILES string of the molecule is CO[C@@H](C(=O)N1CCC[C@@H](c2cc(C)[nH]n2)C1)c1ccccc1. The normalized spacial score (nSPS) is 19.6. The van der Waals surface area contributed by atoms with Gasteiger partial charge in [-0.25, -0.2) is 0 Å². The molecule has 3 rings (SSSR count). The Bertz CT molecular complexity index is 653. The first kappa shape index (κ1) is 15.7. The zero-order valence-corrected chi connectivity index (χ0v) is 13.7. The number of likely N-dealkylation sites (tertiary alicyclic amines) is 1. The molecule has 0 aliphatic carbocycles. The summed E-state index contributed by atoms with van der Waals surface area (Å²) in [6, 6.07) is 11.7. The lowest BCUT2D eigenvalue weighted by atomic mass is 9.94. The topological polar surface area (TPSA) is 58.2 Å². The Labute approximate surface area is 136 Å². The van der Waals surface area contributed by atoms with Crippen molar-refractivity contribution in [1.29, 1.82) is 0 Å². The highest BCUT2D eigenvalue weighted by Gasteiger charge is 2.31. The number of hydrogen-bond acceptors (Lipinski definition) is 3. The summed E-state index contributed by atoms with van der Waals surface area (Å²) in [5.41, 5.74) is 3.01. The summed E-state index contributed by atoms with van der Waals surface area (Å²) < 4.78 is 5.48. The number of aromatic nitrogens is 2. The first-order valence-corrected chi connectivity index (χ1v) is 8.07. The zero-order valence-electron chi connectivity index (χ0n) is 13.7. The number of carbonyl (C=O) groups is 1. The van der Waals surface area contributed by atoms with Crippen molar-refractivity contribution in [2.24, 2.45) is 0 Å². The smallest absolute Gasteiger partial charge is 0.256 e. The van der Waals surface area contributed by atoms with E-state index in [1.807, 2.05) is 42.2 Å². The number of carbonyl (C=O) groups excluding carboxylic acids is 1. The molecule has 1 N–H and O–H groups in total. The fraction of sp³-hybridized carbons (Fsp3) is 0.444. The fourth-order valence-electron chi connectivity index (χ4n) is 3.24. The van der Waals surface area contributed by atoms with Crippen LogP contribution in [0.4, 0.5) is 0 Å². The highest BCUT2D eigenvalue weighted by molar-refractivity contribution is 5.82. The van der Waals surface area contributed by atoms with Crippen LogP contribution in [0.1, 0.15) is 41.8 Å². The number of hydrogen-bond donors (Lipinski definition) is 1. The molecule has 0 unspecified atom stereocenters. The van der Waals surface area contributed by atoms with Gasteiger partial charge in [0.05, 0.1) is 5.69 Å². The Morgan fingerprint density at radius 1 is 1.39 bits per heavy atom. The molecule has 122 valence electrons. The molecule has 1 aromatic carbocycles. The minimum Gasteiger partial charge on any atom is -0.367 e. The first-order valence-electron chi connectivity index (χ1n) is 8.07. The van der Waals surface area contributed by atoms with Gasteiger partial charge < -0.3 is 9.64 Å². The quantitative estimate of drug-likeness (QED) is 0.944. The first-order chi connectivity index (χ1) is 11.2. The molecule has 5 heteroatoms. The number of rotatable bonds is 4. The van der Waals surface area contributed by atoms with Crippen molar-refractivity contribution >= 4 is 5.91 Å². The van der Waals surface area contributed by atoms with E-state index in [1.54, 1.807) is 7.11 Å². The number of piperidine rings is 1. The molecule has 0 bridgehead atoms. The summed E-state index contributed by atoms with van der Waals surface area (Å²) in [4.78, 5) is 14.8. The van der Waals surface area contributed by atoms with Crippen LogP contribution in [-0.2, 0) is 9.53 Å². The standard InChI is InChI=1S/C18H23N3O2/c1-13-11-16(20-19-13)15-9-6-10-21(12-15)18(22)17(23-2)14-7-4-3-5-8-14/h3-5,7-8,11,15,17H,6,9-10,12H2,1-2H3,(H,19,20)/t15-,17-/m1/s1. The van der Waals surface area contributed by atoms with Crippen LogP contribution in [0.2, 0.25) is 0 Å². The predicted octanol–water partition coefficient (Wildman–Crippen LogP) is 2.81. The summed E-state index contributed by atoms with van der Waals surface area (Å²) in [5, 5.41) is 7.35. The minimum atomic E-state index is -0.532. The lowest BCUT2D eigenvalue weighted by Gasteiger charge is -2.34. The maximum Gasteiger partial charge on any atom is 0.256 e. The van der Waals surface area contributed by atoms with Crippen LogP contribution in [0.25, 0.3) is 0 Å². The van der Waals surface area contributed by atoms with Crippen LogP contribution < -0.4 is 0 Å². The molecule has 23 heavy (non-hydrogen) atoms. The van der Waals surface area contributed by atoms with Gasteiger partial charge in [-0.3, -0.25) is 9.89 Å². The minimum absolute atomic E-state index is 0.0376. The van der Waals surface area contributed by atoms with E-state index in [0.29, 0.717) is 12.5 Å². The molecular weight excluding hydrogens is 290 g/mol. The van der Waals surface area contributed by atoms with Gasteiger partial charge in [-0.1, -0.05) is 30.3 Å². The van der Waals surface area contributed by atoms with Gasteiger partial charge in [0.25, 0.3) is 5.91 Å². The fourth-order valence-corrected chi connectivity index (χ4v) is 3.24. The molecule has 1 amide bonds. The van der Waals surface area contributed by atoms with Crippen molar-refractivity contribution in [1.82, 2.24) is 15.1 Å². The van der Waals surface area contributed by atoms with Crippen molar-refractivity contribution in [3.63, 3.8) is 0 Å². The van der Waals surface area contributed by atoms with E-state index in [9.17, 15) is 4.79 Å². The van der Waals surface area contributed by atoms with Gasteiger partial charge in [0.2, 0.25) is 0 Å². The van der Waals surface area contributed by atoms with Crippen molar-refractivity contribution in [3.8, 4) is 0 Å². The summed E-state index contributed by atoms with van der Waals surface area (Å²) in [6.45, 7) is 3.49. The summed E-state index contributed by atoms with van der Waals surface area (Å²) in [6.07, 6.45) is 1.53. The van der Waals surface area contributed by atoms with E-state index in [4.69, 9.17) is 4.74 Å². The molecule has 1 aliphatic heterocycles. The van der Waals surface area contributed by atoms with Gasteiger partial charge in [0.15, 0.2) is 6.10 Å². The van der Waals surface area contributed by atoms with E-state index in [0.717, 1.165) is 36.3 Å². The number of aromatic amines is 1. The summed E-state index contributed by atoms with van der Waals surface area (Å²) in [7, 11) is 1.59. The number of H-pyrrole nitrogens is 1. The molecule has 5 nitrogen and oxygen atoms in total. The molecule has 0 saturated carbocycles. The Morgan fingerprint density at radius 2 is 2.17 bits per heavy atom. The number of methoxy groups -OCH3 is 1. The number of amides is 1. The van der Waals surface area contributed by atoms with Gasteiger partial charge in [-0.15, -0.1) is 0 Å². The van der Waals surface area contributed by atoms with Crippen LogP contribution in [-0.4, -0.2) is 41.2 Å². The molecule has 1 saturated heterocycles. The number of nitrogens with zero attached hydrogens (tertiary/aromatic N) is 2. The van der Waals surface area contributed by atoms with E-state index in [1.165, 1.54) is 0 Å². The molecule has 0 spiro atoms. The van der Waals surface area contributed by atoms with Gasteiger partial charge in [-0.05, 0) is 31.4 Å². The molecule has 1 aliphatic rings. The van der Waals surface area contributed by atoms with E-state index < -0.39 is 6.10 Å². The third-order valence-corrected chi connectivity index (χ3v) is 4.44. The predicted molar refractivity (Wildman–Crippen MR) is 88.1 cm³/mol. The van der Waals surface area contributed by atoms with E-state index in [-0.39, 0.29) is 5.91 Å². The Hall–Kier alpha value is -2.14. The third kappa shape index (κ3) is 3.45. The zero-order chi connectivity index (χ0) is 16.2. The molecule has 2 atom stereocenters. The van der Waals surface area contributed by atoms with Crippen LogP contribution >= 0.6 is 0 Å². The van der Waals surface area contributed by atoms with Crippen LogP contribution in [0.5, 0.6) is 0 Å². The van der Waals surface area contributed by atoms with Crippen LogP contribution in [0, 0.1) is 6.92 Å². The van der Waals surface area contributed by atoms with Gasteiger partial charge in [-0.2, -0.15) is 5.10 Å².